The maximum atomic E-state index is 6.46. The Hall–Kier alpha value is -3.44. The molecule has 0 spiro atoms. The Morgan fingerprint density at radius 2 is 1.69 bits per heavy atom. The lowest BCUT2D eigenvalue weighted by Gasteiger charge is -2.39. The summed E-state index contributed by atoms with van der Waals surface area (Å²) in [5.41, 5.74) is 7.98. The molecule has 0 saturated carbocycles. The average molecular weight is 429 g/mol. The van der Waals surface area contributed by atoms with Crippen molar-refractivity contribution in [1.29, 1.82) is 0 Å². The van der Waals surface area contributed by atoms with Crippen LogP contribution in [0.2, 0.25) is 0 Å². The lowest BCUT2D eigenvalue weighted by molar-refractivity contribution is -0.0326. The topological polar surface area (TPSA) is 43.0 Å². The summed E-state index contributed by atoms with van der Waals surface area (Å²) >= 11 is 0. The van der Waals surface area contributed by atoms with E-state index in [4.69, 9.17) is 14.2 Å². The summed E-state index contributed by atoms with van der Waals surface area (Å²) in [6, 6.07) is 24.6. The van der Waals surface area contributed by atoms with Gasteiger partial charge < -0.3 is 19.6 Å². The second kappa shape index (κ2) is 8.97. The lowest BCUT2D eigenvalue weighted by atomic mass is 10.0. The van der Waals surface area contributed by atoms with Crippen molar-refractivity contribution >= 4 is 5.70 Å². The summed E-state index contributed by atoms with van der Waals surface area (Å²) < 4.78 is 17.6. The third-order valence-corrected chi connectivity index (χ3v) is 5.94. The van der Waals surface area contributed by atoms with E-state index in [0.717, 1.165) is 59.1 Å². The number of rotatable bonds is 7. The fraction of sp³-hybridized carbons (Fsp3) is 0.259. The highest BCUT2D eigenvalue weighted by molar-refractivity contribution is 5.68. The Balaban J connectivity index is 1.43. The van der Waals surface area contributed by atoms with Crippen molar-refractivity contribution in [2.75, 3.05) is 13.7 Å². The molecule has 5 rings (SSSR count). The van der Waals surface area contributed by atoms with Gasteiger partial charge in [-0.3, -0.25) is 0 Å². The molecule has 1 N–H and O–H groups in total. The van der Waals surface area contributed by atoms with Crippen LogP contribution in [0.5, 0.6) is 17.2 Å². The van der Waals surface area contributed by atoms with Crippen molar-refractivity contribution in [3.05, 3.63) is 95.6 Å². The van der Waals surface area contributed by atoms with E-state index in [-0.39, 0.29) is 12.3 Å². The Bertz CT molecular complexity index is 1090. The number of para-hydroxylation sites is 1. The summed E-state index contributed by atoms with van der Waals surface area (Å²) in [6.45, 7) is 2.91. The molecule has 2 aliphatic rings. The average Bonchev–Trinajstić information content (AvgIpc) is 3.30. The van der Waals surface area contributed by atoms with E-state index in [1.54, 1.807) is 7.11 Å². The van der Waals surface area contributed by atoms with Crippen LogP contribution in [0.15, 0.2) is 78.9 Å². The van der Waals surface area contributed by atoms with Gasteiger partial charge in [0.1, 0.15) is 17.2 Å². The second-order valence-electron chi connectivity index (χ2n) is 8.05. The summed E-state index contributed by atoms with van der Waals surface area (Å²) in [7, 11) is 1.68. The first-order valence-electron chi connectivity index (χ1n) is 11.2. The highest BCUT2D eigenvalue weighted by Crippen LogP contribution is 2.46. The van der Waals surface area contributed by atoms with Crippen LogP contribution in [0, 0.1) is 0 Å². The Kier molecular flexibility index (Phi) is 5.73. The van der Waals surface area contributed by atoms with Gasteiger partial charge in [-0.1, -0.05) is 43.7 Å². The van der Waals surface area contributed by atoms with Gasteiger partial charge in [0.2, 0.25) is 0 Å². The van der Waals surface area contributed by atoms with E-state index in [2.05, 4.69) is 59.8 Å². The van der Waals surface area contributed by atoms with Gasteiger partial charge in [-0.15, -0.1) is 0 Å². The number of unbranched alkanes of at least 4 members (excludes halogenated alkanes) is 1. The summed E-state index contributed by atoms with van der Waals surface area (Å²) in [4.78, 5) is 0. The maximum absolute atomic E-state index is 6.46. The number of hydrazine groups is 1. The molecule has 5 nitrogen and oxygen atoms in total. The Morgan fingerprint density at radius 3 is 2.44 bits per heavy atom. The highest BCUT2D eigenvalue weighted by Gasteiger charge is 2.40. The molecule has 0 unspecified atom stereocenters. The summed E-state index contributed by atoms with van der Waals surface area (Å²) in [5.74, 6) is 2.65. The van der Waals surface area contributed by atoms with Crippen LogP contribution in [0.25, 0.3) is 5.70 Å². The van der Waals surface area contributed by atoms with Gasteiger partial charge >= 0.3 is 0 Å². The summed E-state index contributed by atoms with van der Waals surface area (Å²) in [6.07, 6.45) is 4.19. The molecule has 32 heavy (non-hydrogen) atoms. The van der Waals surface area contributed by atoms with E-state index in [1.165, 1.54) is 0 Å². The first kappa shape index (κ1) is 20.5. The number of ether oxygens (including phenoxy) is 3. The number of nitrogens with one attached hydrogen (secondary N) is 1. The minimum Gasteiger partial charge on any atom is -0.497 e. The minimum atomic E-state index is -0.258. The van der Waals surface area contributed by atoms with Gasteiger partial charge in [-0.05, 0) is 60.5 Å². The summed E-state index contributed by atoms with van der Waals surface area (Å²) in [5, 5.41) is 2.18. The molecule has 0 bridgehead atoms. The van der Waals surface area contributed by atoms with Crippen molar-refractivity contribution in [2.24, 2.45) is 0 Å². The fourth-order valence-electron chi connectivity index (χ4n) is 4.16. The van der Waals surface area contributed by atoms with Gasteiger partial charge in [0.05, 0.1) is 25.5 Å². The van der Waals surface area contributed by atoms with Crippen molar-refractivity contribution in [2.45, 2.75) is 32.0 Å². The van der Waals surface area contributed by atoms with Crippen molar-refractivity contribution in [3.8, 4) is 17.2 Å². The van der Waals surface area contributed by atoms with Crippen molar-refractivity contribution in [3.63, 3.8) is 0 Å². The molecule has 2 aliphatic heterocycles. The van der Waals surface area contributed by atoms with Gasteiger partial charge in [-0.25, -0.2) is 0 Å². The molecule has 5 heteroatoms. The molecule has 0 aromatic heterocycles. The molecule has 0 fully saturated rings. The predicted octanol–water partition coefficient (Wildman–Crippen LogP) is 5.87. The number of hydrogen-bond acceptors (Lipinski definition) is 5. The highest BCUT2D eigenvalue weighted by atomic mass is 16.5. The number of benzene rings is 3. The normalized spacial score (nSPS) is 19.2. The van der Waals surface area contributed by atoms with Crippen LogP contribution in [0.1, 0.15) is 48.7 Å². The molecule has 3 aromatic rings. The molecule has 0 aliphatic carbocycles. The van der Waals surface area contributed by atoms with Gasteiger partial charge in [0.25, 0.3) is 0 Å². The van der Waals surface area contributed by atoms with Crippen LogP contribution in [0.4, 0.5) is 0 Å². The standard InChI is InChI=1S/C27H28N2O3/c1-3-4-17-31-22-15-11-20(12-16-22)27-29-25(23-7-5-6-8-26(23)32-27)18-24(28-29)19-9-13-21(30-2)14-10-19/h5-16,18,25,27-28H,3-4,17H2,1-2H3/t25-,27+/m0/s1. The van der Waals surface area contributed by atoms with Crippen LogP contribution in [-0.4, -0.2) is 18.7 Å². The molecule has 164 valence electrons. The molecule has 0 radical (unpaired) electrons. The fourth-order valence-corrected chi connectivity index (χ4v) is 4.16. The maximum Gasteiger partial charge on any atom is 0.195 e. The minimum absolute atomic E-state index is 0.0718. The van der Waals surface area contributed by atoms with Gasteiger partial charge in [0.15, 0.2) is 6.23 Å². The molecular formula is C27H28N2O3. The molecule has 0 amide bonds. The zero-order valence-electron chi connectivity index (χ0n) is 18.5. The molecule has 2 atom stereocenters. The lowest BCUT2D eigenvalue weighted by Crippen LogP contribution is -2.43. The largest absolute Gasteiger partial charge is 0.497 e. The molecule has 3 aromatic carbocycles. The zero-order valence-corrected chi connectivity index (χ0v) is 18.5. The van der Waals surface area contributed by atoms with E-state index in [1.807, 2.05) is 36.4 Å². The predicted molar refractivity (Wildman–Crippen MR) is 125 cm³/mol. The quantitative estimate of drug-likeness (QED) is 0.477. The Morgan fingerprint density at radius 1 is 0.938 bits per heavy atom. The van der Waals surface area contributed by atoms with E-state index < -0.39 is 0 Å². The van der Waals surface area contributed by atoms with E-state index in [0.29, 0.717) is 0 Å². The van der Waals surface area contributed by atoms with E-state index in [9.17, 15) is 0 Å². The van der Waals surface area contributed by atoms with Gasteiger partial charge in [0, 0.05) is 11.1 Å². The smallest absolute Gasteiger partial charge is 0.195 e. The second-order valence-corrected chi connectivity index (χ2v) is 8.05. The third-order valence-electron chi connectivity index (χ3n) is 5.94. The first-order chi connectivity index (χ1) is 15.8. The number of fused-ring (bicyclic) bond motifs is 3. The van der Waals surface area contributed by atoms with Crippen LogP contribution < -0.4 is 19.6 Å². The van der Waals surface area contributed by atoms with Crippen LogP contribution >= 0.6 is 0 Å². The van der Waals surface area contributed by atoms with Crippen molar-refractivity contribution < 1.29 is 14.2 Å². The molecule has 0 saturated heterocycles. The number of nitrogens with zero attached hydrogens (tertiary/aromatic N) is 1. The van der Waals surface area contributed by atoms with Crippen LogP contribution in [0.3, 0.4) is 0 Å². The Labute approximate surface area is 189 Å². The van der Waals surface area contributed by atoms with Gasteiger partial charge in [-0.2, -0.15) is 5.01 Å². The molecule has 2 heterocycles. The molecular weight excluding hydrogens is 400 g/mol. The monoisotopic (exact) mass is 428 g/mol. The third kappa shape index (κ3) is 3.92. The van der Waals surface area contributed by atoms with Crippen molar-refractivity contribution in [1.82, 2.24) is 10.4 Å². The zero-order chi connectivity index (χ0) is 21.9. The first-order valence-corrected chi connectivity index (χ1v) is 11.2. The number of hydrogen-bond donors (Lipinski definition) is 1. The van der Waals surface area contributed by atoms with E-state index >= 15 is 0 Å². The SMILES string of the molecule is CCCCOc1ccc([C@H]2Oc3ccccc3[C@@H]3C=C(c4ccc(OC)cc4)NN23)cc1. The van der Waals surface area contributed by atoms with Crippen LogP contribution in [-0.2, 0) is 0 Å². The number of methoxy groups -OCH3 is 1.